The first-order chi connectivity index (χ1) is 8.58. The standard InChI is InChI=1S/C12H14N2O2S2/c1-14(9-12-13-7-8-17-12)18(15,16)10-11-5-3-2-4-6-11/h2-8H,9-10H2,1H3. The van der Waals surface area contributed by atoms with Crippen molar-refractivity contribution in [3.63, 3.8) is 0 Å². The minimum Gasteiger partial charge on any atom is -0.248 e. The zero-order valence-electron chi connectivity index (χ0n) is 9.98. The molecule has 0 saturated carbocycles. The predicted octanol–water partition coefficient (Wildman–Crippen LogP) is 2.10. The van der Waals surface area contributed by atoms with Crippen molar-refractivity contribution in [2.75, 3.05) is 7.05 Å². The molecule has 0 unspecified atom stereocenters. The summed E-state index contributed by atoms with van der Waals surface area (Å²) in [4.78, 5) is 4.09. The van der Waals surface area contributed by atoms with Gasteiger partial charge in [-0.05, 0) is 5.56 Å². The fourth-order valence-electron chi connectivity index (χ4n) is 1.51. The van der Waals surface area contributed by atoms with E-state index in [4.69, 9.17) is 0 Å². The quantitative estimate of drug-likeness (QED) is 0.844. The SMILES string of the molecule is CN(Cc1nccs1)S(=O)(=O)Cc1ccccc1. The molecule has 0 atom stereocenters. The molecule has 18 heavy (non-hydrogen) atoms. The van der Waals surface area contributed by atoms with Crippen molar-refractivity contribution < 1.29 is 8.42 Å². The monoisotopic (exact) mass is 282 g/mol. The minimum atomic E-state index is -3.29. The minimum absolute atomic E-state index is 0.0235. The van der Waals surface area contributed by atoms with Gasteiger partial charge in [0.15, 0.2) is 0 Å². The Bertz CT molecular complexity index is 580. The van der Waals surface area contributed by atoms with Crippen molar-refractivity contribution in [1.29, 1.82) is 0 Å². The van der Waals surface area contributed by atoms with Crippen LogP contribution in [0.4, 0.5) is 0 Å². The van der Waals surface area contributed by atoms with Gasteiger partial charge < -0.3 is 0 Å². The van der Waals surface area contributed by atoms with Crippen molar-refractivity contribution in [3.8, 4) is 0 Å². The highest BCUT2D eigenvalue weighted by molar-refractivity contribution is 7.88. The number of nitrogens with zero attached hydrogens (tertiary/aromatic N) is 2. The highest BCUT2D eigenvalue weighted by Crippen LogP contribution is 2.13. The molecule has 0 bridgehead atoms. The molecular formula is C12H14N2O2S2. The second-order valence-electron chi connectivity index (χ2n) is 3.92. The lowest BCUT2D eigenvalue weighted by Crippen LogP contribution is -2.27. The van der Waals surface area contributed by atoms with E-state index in [0.717, 1.165) is 10.6 Å². The Morgan fingerprint density at radius 2 is 2.00 bits per heavy atom. The molecule has 0 fully saturated rings. The Labute approximate surface area is 111 Å². The molecule has 0 spiro atoms. The molecule has 0 N–H and O–H groups in total. The van der Waals surface area contributed by atoms with Crippen LogP contribution in [0, 0.1) is 0 Å². The summed E-state index contributed by atoms with van der Waals surface area (Å²) < 4.78 is 25.6. The first kappa shape index (κ1) is 13.2. The molecule has 1 aromatic carbocycles. The van der Waals surface area contributed by atoms with Crippen LogP contribution in [0.1, 0.15) is 10.6 Å². The molecule has 96 valence electrons. The molecule has 0 amide bonds. The third kappa shape index (κ3) is 3.38. The van der Waals surface area contributed by atoms with E-state index in [1.807, 2.05) is 35.7 Å². The van der Waals surface area contributed by atoms with Crippen LogP contribution >= 0.6 is 11.3 Å². The second-order valence-corrected chi connectivity index (χ2v) is 6.98. The van der Waals surface area contributed by atoms with Gasteiger partial charge in [-0.25, -0.2) is 13.4 Å². The van der Waals surface area contributed by atoms with Gasteiger partial charge in [-0.1, -0.05) is 30.3 Å². The summed E-state index contributed by atoms with van der Waals surface area (Å²) in [6.07, 6.45) is 1.68. The maximum atomic E-state index is 12.1. The molecule has 4 nitrogen and oxygen atoms in total. The summed E-state index contributed by atoms with van der Waals surface area (Å²) in [5.41, 5.74) is 0.795. The van der Waals surface area contributed by atoms with E-state index in [9.17, 15) is 8.42 Å². The molecule has 0 aliphatic rings. The van der Waals surface area contributed by atoms with Crippen LogP contribution in [0.3, 0.4) is 0 Å². The van der Waals surface area contributed by atoms with Crippen LogP contribution in [0.5, 0.6) is 0 Å². The first-order valence-electron chi connectivity index (χ1n) is 5.44. The highest BCUT2D eigenvalue weighted by atomic mass is 32.2. The Hall–Kier alpha value is -1.24. The summed E-state index contributed by atoms with van der Waals surface area (Å²) in [6.45, 7) is 0.326. The number of sulfonamides is 1. The summed E-state index contributed by atoms with van der Waals surface area (Å²) >= 11 is 1.46. The number of rotatable bonds is 5. The van der Waals surface area contributed by atoms with Gasteiger partial charge >= 0.3 is 0 Å². The summed E-state index contributed by atoms with van der Waals surface area (Å²) in [7, 11) is -1.71. The summed E-state index contributed by atoms with van der Waals surface area (Å²) in [5, 5.41) is 2.64. The molecule has 0 aliphatic heterocycles. The van der Waals surface area contributed by atoms with Crippen LogP contribution in [0.15, 0.2) is 41.9 Å². The number of benzene rings is 1. The van der Waals surface area contributed by atoms with Gasteiger partial charge in [0, 0.05) is 18.6 Å². The average molecular weight is 282 g/mol. The van der Waals surface area contributed by atoms with Crippen molar-refractivity contribution in [2.45, 2.75) is 12.3 Å². The van der Waals surface area contributed by atoms with Gasteiger partial charge in [-0.2, -0.15) is 4.31 Å². The number of hydrogen-bond acceptors (Lipinski definition) is 4. The molecule has 0 radical (unpaired) electrons. The topological polar surface area (TPSA) is 50.3 Å². The Morgan fingerprint density at radius 1 is 1.28 bits per heavy atom. The number of hydrogen-bond donors (Lipinski definition) is 0. The van der Waals surface area contributed by atoms with Gasteiger partial charge in [0.05, 0.1) is 12.3 Å². The van der Waals surface area contributed by atoms with Gasteiger partial charge in [0.2, 0.25) is 10.0 Å². The maximum absolute atomic E-state index is 12.1. The molecule has 6 heteroatoms. The Balaban J connectivity index is 2.06. The first-order valence-corrected chi connectivity index (χ1v) is 7.93. The highest BCUT2D eigenvalue weighted by Gasteiger charge is 2.19. The smallest absolute Gasteiger partial charge is 0.218 e. The molecule has 0 aliphatic carbocycles. The predicted molar refractivity (Wildman–Crippen MR) is 72.6 cm³/mol. The fraction of sp³-hybridized carbons (Fsp3) is 0.250. The van der Waals surface area contributed by atoms with E-state index < -0.39 is 10.0 Å². The van der Waals surface area contributed by atoms with Crippen LogP contribution in [-0.2, 0) is 22.3 Å². The zero-order chi connectivity index (χ0) is 13.0. The summed E-state index contributed by atoms with van der Waals surface area (Å²) in [6, 6.07) is 9.18. The molecule has 2 rings (SSSR count). The lowest BCUT2D eigenvalue weighted by atomic mass is 10.2. The fourth-order valence-corrected chi connectivity index (χ4v) is 3.42. The largest absolute Gasteiger partial charge is 0.248 e. The molecule has 1 heterocycles. The lowest BCUT2D eigenvalue weighted by molar-refractivity contribution is 0.465. The number of thiazole rings is 1. The normalized spacial score (nSPS) is 11.9. The third-order valence-electron chi connectivity index (χ3n) is 2.51. The Morgan fingerprint density at radius 3 is 2.61 bits per heavy atom. The van der Waals surface area contributed by atoms with Crippen molar-refractivity contribution in [2.24, 2.45) is 0 Å². The van der Waals surface area contributed by atoms with Gasteiger partial charge in [-0.3, -0.25) is 0 Å². The van der Waals surface area contributed by atoms with Gasteiger partial charge in [0.1, 0.15) is 5.01 Å². The molecule has 0 saturated heterocycles. The summed E-state index contributed by atoms with van der Waals surface area (Å²) in [5.74, 6) is 0.0235. The van der Waals surface area contributed by atoms with Crippen molar-refractivity contribution in [3.05, 3.63) is 52.5 Å². The van der Waals surface area contributed by atoms with E-state index in [2.05, 4.69) is 4.98 Å². The zero-order valence-corrected chi connectivity index (χ0v) is 11.6. The lowest BCUT2D eigenvalue weighted by Gasteiger charge is -2.15. The van der Waals surface area contributed by atoms with Crippen LogP contribution in [0.2, 0.25) is 0 Å². The van der Waals surface area contributed by atoms with Crippen LogP contribution in [0.25, 0.3) is 0 Å². The Kier molecular flexibility index (Phi) is 4.11. The molecule has 1 aromatic heterocycles. The molecular weight excluding hydrogens is 268 g/mol. The maximum Gasteiger partial charge on any atom is 0.218 e. The van der Waals surface area contributed by atoms with Crippen LogP contribution < -0.4 is 0 Å². The average Bonchev–Trinajstić information content (AvgIpc) is 2.82. The van der Waals surface area contributed by atoms with E-state index in [-0.39, 0.29) is 5.75 Å². The van der Waals surface area contributed by atoms with Gasteiger partial charge in [-0.15, -0.1) is 11.3 Å². The molecule has 2 aromatic rings. The van der Waals surface area contributed by atoms with E-state index >= 15 is 0 Å². The van der Waals surface area contributed by atoms with Crippen LogP contribution in [-0.4, -0.2) is 24.8 Å². The van der Waals surface area contributed by atoms with Gasteiger partial charge in [0.25, 0.3) is 0 Å². The second kappa shape index (κ2) is 5.60. The van der Waals surface area contributed by atoms with Crippen molar-refractivity contribution >= 4 is 21.4 Å². The van der Waals surface area contributed by atoms with Crippen molar-refractivity contribution in [1.82, 2.24) is 9.29 Å². The third-order valence-corrected chi connectivity index (χ3v) is 5.05. The van der Waals surface area contributed by atoms with E-state index in [0.29, 0.717) is 6.54 Å². The van der Waals surface area contributed by atoms with E-state index in [1.165, 1.54) is 15.6 Å². The number of aromatic nitrogens is 1. The van der Waals surface area contributed by atoms with E-state index in [1.54, 1.807) is 13.2 Å².